The zero-order valence-corrected chi connectivity index (χ0v) is 14.3. The van der Waals surface area contributed by atoms with Crippen molar-refractivity contribution in [2.75, 3.05) is 11.9 Å². The fourth-order valence-corrected chi connectivity index (χ4v) is 2.32. The summed E-state index contributed by atoms with van der Waals surface area (Å²) in [4.78, 5) is 27.7. The van der Waals surface area contributed by atoms with Crippen LogP contribution >= 0.6 is 0 Å². The van der Waals surface area contributed by atoms with Crippen molar-refractivity contribution in [1.29, 1.82) is 0 Å². The quantitative estimate of drug-likeness (QED) is 0.679. The molecule has 1 amide bonds. The van der Waals surface area contributed by atoms with E-state index in [9.17, 15) is 22.8 Å². The Morgan fingerprint density at radius 1 is 1.26 bits per heavy atom. The lowest BCUT2D eigenvalue weighted by Crippen LogP contribution is -2.25. The van der Waals surface area contributed by atoms with Gasteiger partial charge in [0.2, 0.25) is 5.91 Å². The zero-order valence-electron chi connectivity index (χ0n) is 14.3. The van der Waals surface area contributed by atoms with Gasteiger partial charge in [0.05, 0.1) is 6.42 Å². The number of nitrogens with two attached hydrogens (primary N) is 1. The average molecular weight is 384 g/mol. The van der Waals surface area contributed by atoms with E-state index in [1.807, 2.05) is 0 Å². The maximum Gasteiger partial charge on any atom is 0.573 e. The molecule has 0 atom stereocenters. The number of aryl methyl sites for hydroxylation is 1. The summed E-state index contributed by atoms with van der Waals surface area (Å²) in [6.07, 6.45) is -1.98. The van der Waals surface area contributed by atoms with Gasteiger partial charge in [0.1, 0.15) is 11.6 Å². The van der Waals surface area contributed by atoms with E-state index in [0.717, 1.165) is 25.0 Å². The lowest BCUT2D eigenvalue weighted by molar-refractivity contribution is -0.274. The van der Waals surface area contributed by atoms with Gasteiger partial charge in [-0.3, -0.25) is 9.36 Å². The molecule has 10 heteroatoms. The first-order valence-corrected chi connectivity index (χ1v) is 8.19. The van der Waals surface area contributed by atoms with Gasteiger partial charge in [0.15, 0.2) is 0 Å². The molecule has 3 N–H and O–H groups in total. The number of hydrogen-bond donors (Lipinski definition) is 2. The van der Waals surface area contributed by atoms with Crippen molar-refractivity contribution in [3.05, 3.63) is 52.6 Å². The summed E-state index contributed by atoms with van der Waals surface area (Å²) >= 11 is 0. The minimum Gasteiger partial charge on any atom is -0.406 e. The van der Waals surface area contributed by atoms with Crippen LogP contribution in [0.25, 0.3) is 0 Å². The van der Waals surface area contributed by atoms with Crippen LogP contribution in [0.1, 0.15) is 18.4 Å². The maximum atomic E-state index is 12.2. The largest absolute Gasteiger partial charge is 0.573 e. The molecule has 27 heavy (non-hydrogen) atoms. The molecule has 0 saturated heterocycles. The van der Waals surface area contributed by atoms with E-state index in [1.54, 1.807) is 0 Å². The molecule has 0 fully saturated rings. The fourth-order valence-electron chi connectivity index (χ4n) is 2.32. The fraction of sp³-hybridized carbons (Fsp3) is 0.353. The normalized spacial score (nSPS) is 11.3. The van der Waals surface area contributed by atoms with E-state index in [0.29, 0.717) is 18.7 Å². The number of benzene rings is 1. The highest BCUT2D eigenvalue weighted by molar-refractivity contribution is 5.91. The molecule has 0 saturated carbocycles. The first kappa shape index (κ1) is 20.4. The van der Waals surface area contributed by atoms with E-state index in [-0.39, 0.29) is 12.2 Å². The number of alkyl halides is 3. The number of halogens is 3. The predicted molar refractivity (Wildman–Crippen MR) is 92.2 cm³/mol. The molecule has 1 heterocycles. The number of aromatic nitrogens is 2. The maximum absolute atomic E-state index is 12.2. The molecule has 146 valence electrons. The molecule has 0 aliphatic heterocycles. The second kappa shape index (κ2) is 9.17. The molecule has 0 aliphatic rings. The third-order valence-electron chi connectivity index (χ3n) is 3.49. The van der Waals surface area contributed by atoms with Gasteiger partial charge in [-0.05, 0) is 43.1 Å². The van der Waals surface area contributed by atoms with Crippen LogP contribution in [-0.2, 0) is 17.8 Å². The standard InChI is InChI=1S/C17H19F3N4O3/c18-17(19,20)27-13-5-3-4-12(10-13)11-15(25)22-14-6-9-24(16(26)23-14)8-2-1-7-21/h3-6,9-10H,1-2,7-8,11,21H2,(H,22,23,25,26). The van der Waals surface area contributed by atoms with Gasteiger partial charge >= 0.3 is 12.1 Å². The highest BCUT2D eigenvalue weighted by atomic mass is 19.4. The van der Waals surface area contributed by atoms with E-state index in [1.165, 1.54) is 29.0 Å². The monoisotopic (exact) mass is 384 g/mol. The Kier molecular flexibility index (Phi) is 6.94. The summed E-state index contributed by atoms with van der Waals surface area (Å²) in [6, 6.07) is 6.58. The molecule has 0 bridgehead atoms. The smallest absolute Gasteiger partial charge is 0.406 e. The van der Waals surface area contributed by atoms with Crippen LogP contribution in [0, 0.1) is 0 Å². The van der Waals surface area contributed by atoms with Crippen LogP contribution in [0.3, 0.4) is 0 Å². The summed E-state index contributed by atoms with van der Waals surface area (Å²) in [6.45, 7) is 1.01. The summed E-state index contributed by atoms with van der Waals surface area (Å²) in [5.41, 5.74) is 5.21. The molecule has 0 spiro atoms. The van der Waals surface area contributed by atoms with Crippen LogP contribution in [0.15, 0.2) is 41.3 Å². The minimum atomic E-state index is -4.81. The topological polar surface area (TPSA) is 99.2 Å². The number of anilines is 1. The van der Waals surface area contributed by atoms with Gasteiger partial charge in [0.25, 0.3) is 0 Å². The lowest BCUT2D eigenvalue weighted by Gasteiger charge is -2.10. The number of rotatable bonds is 8. The van der Waals surface area contributed by atoms with Gasteiger partial charge in [-0.1, -0.05) is 12.1 Å². The zero-order chi connectivity index (χ0) is 19.9. The molecule has 0 radical (unpaired) electrons. The second-order valence-corrected chi connectivity index (χ2v) is 5.70. The van der Waals surface area contributed by atoms with Crippen molar-refractivity contribution < 1.29 is 22.7 Å². The van der Waals surface area contributed by atoms with Crippen molar-refractivity contribution in [2.45, 2.75) is 32.2 Å². The van der Waals surface area contributed by atoms with Gasteiger partial charge in [-0.25, -0.2) is 4.79 Å². The number of hydrogen-bond acceptors (Lipinski definition) is 5. The van der Waals surface area contributed by atoms with Gasteiger partial charge < -0.3 is 15.8 Å². The summed E-state index contributed by atoms with van der Waals surface area (Å²) in [5.74, 6) is -0.860. The number of ether oxygens (including phenoxy) is 1. The number of carbonyl (C=O) groups excluding carboxylic acids is 1. The van der Waals surface area contributed by atoms with Crippen LogP contribution in [0.4, 0.5) is 19.0 Å². The van der Waals surface area contributed by atoms with Crippen LogP contribution in [0.2, 0.25) is 0 Å². The molecule has 7 nitrogen and oxygen atoms in total. The molecule has 0 aliphatic carbocycles. The van der Waals surface area contributed by atoms with E-state index in [4.69, 9.17) is 5.73 Å². The average Bonchev–Trinajstić information content (AvgIpc) is 2.55. The molecular formula is C17H19F3N4O3. The number of nitrogens with zero attached hydrogens (tertiary/aromatic N) is 2. The van der Waals surface area contributed by atoms with Crippen molar-refractivity contribution >= 4 is 11.7 Å². The molecular weight excluding hydrogens is 365 g/mol. The van der Waals surface area contributed by atoms with E-state index < -0.39 is 23.7 Å². The second-order valence-electron chi connectivity index (χ2n) is 5.70. The Bertz CT molecular complexity index is 837. The number of amides is 1. The molecule has 1 aromatic carbocycles. The first-order chi connectivity index (χ1) is 12.8. The number of carbonyl (C=O) groups is 1. The van der Waals surface area contributed by atoms with Gasteiger partial charge in [-0.15, -0.1) is 13.2 Å². The first-order valence-electron chi connectivity index (χ1n) is 8.19. The van der Waals surface area contributed by atoms with Crippen LogP contribution < -0.4 is 21.5 Å². The predicted octanol–water partition coefficient (Wildman–Crippen LogP) is 2.06. The van der Waals surface area contributed by atoms with E-state index >= 15 is 0 Å². The van der Waals surface area contributed by atoms with Crippen LogP contribution in [0.5, 0.6) is 5.75 Å². The SMILES string of the molecule is NCCCCn1ccc(NC(=O)Cc2cccc(OC(F)(F)F)c2)nc1=O. The van der Waals surface area contributed by atoms with Crippen molar-refractivity contribution in [3.63, 3.8) is 0 Å². The molecule has 2 aromatic rings. The summed E-state index contributed by atoms with van der Waals surface area (Å²) in [5, 5.41) is 2.45. The number of nitrogens with one attached hydrogen (secondary N) is 1. The van der Waals surface area contributed by atoms with Crippen LogP contribution in [-0.4, -0.2) is 28.4 Å². The third kappa shape index (κ3) is 7.10. The molecule has 0 unspecified atom stereocenters. The van der Waals surface area contributed by atoms with Gasteiger partial charge in [0, 0.05) is 12.7 Å². The Morgan fingerprint density at radius 3 is 2.70 bits per heavy atom. The molecule has 1 aromatic heterocycles. The highest BCUT2D eigenvalue weighted by Gasteiger charge is 2.31. The molecule has 2 rings (SSSR count). The summed E-state index contributed by atoms with van der Waals surface area (Å²) < 4.78 is 42.0. The van der Waals surface area contributed by atoms with Crippen molar-refractivity contribution in [1.82, 2.24) is 9.55 Å². The Morgan fingerprint density at radius 2 is 2.04 bits per heavy atom. The lowest BCUT2D eigenvalue weighted by atomic mass is 10.1. The summed E-state index contributed by atoms with van der Waals surface area (Å²) in [7, 11) is 0. The van der Waals surface area contributed by atoms with Crippen molar-refractivity contribution in [3.8, 4) is 5.75 Å². The highest BCUT2D eigenvalue weighted by Crippen LogP contribution is 2.23. The number of unbranched alkanes of at least 4 members (excludes halogenated alkanes) is 1. The Hall–Kier alpha value is -2.88. The Balaban J connectivity index is 1.96. The third-order valence-corrected chi connectivity index (χ3v) is 3.49. The van der Waals surface area contributed by atoms with E-state index in [2.05, 4.69) is 15.0 Å². The minimum absolute atomic E-state index is 0.0720. The van der Waals surface area contributed by atoms with Gasteiger partial charge in [-0.2, -0.15) is 4.98 Å². The van der Waals surface area contributed by atoms with Crippen molar-refractivity contribution in [2.24, 2.45) is 5.73 Å². The Labute approximate surface area is 153 Å².